The van der Waals surface area contributed by atoms with E-state index in [9.17, 15) is 4.79 Å². The third-order valence-electron chi connectivity index (χ3n) is 3.57. The van der Waals surface area contributed by atoms with Gasteiger partial charge in [-0.25, -0.2) is 4.79 Å². The molecular weight excluding hydrogens is 542 g/mol. The van der Waals surface area contributed by atoms with Crippen LogP contribution in [0.3, 0.4) is 0 Å². The number of hydrogen-bond donors (Lipinski definition) is 0. The Labute approximate surface area is 174 Å². The normalized spacial score (nSPS) is 15.1. The highest BCUT2D eigenvalue weighted by atomic mass is 127. The first kappa shape index (κ1) is 18.4. The van der Waals surface area contributed by atoms with Gasteiger partial charge in [-0.2, -0.15) is 10.0 Å². The van der Waals surface area contributed by atoms with Gasteiger partial charge in [0.15, 0.2) is 5.84 Å². The molecule has 2 aromatic carbocycles. The van der Waals surface area contributed by atoms with Crippen LogP contribution in [0, 0.1) is 12.6 Å². The minimum absolute atomic E-state index is 0.288. The van der Waals surface area contributed by atoms with Gasteiger partial charge < -0.3 is 0 Å². The molecule has 1 heterocycles. The Morgan fingerprint density at radius 3 is 1.68 bits per heavy atom. The van der Waals surface area contributed by atoms with Crippen LogP contribution < -0.4 is 15.4 Å². The second kappa shape index (κ2) is 7.10. The SMILES string of the molecule is CC(C)(C)C1=NN(c2ccc(I)cc2)C(=O)N(c2ccc(I)cc2)[N]1. The van der Waals surface area contributed by atoms with Crippen molar-refractivity contribution in [2.45, 2.75) is 20.8 Å². The molecule has 2 amide bonds. The minimum atomic E-state index is -0.296. The van der Waals surface area contributed by atoms with Crippen LogP contribution in [0.25, 0.3) is 0 Å². The Bertz CT molecular complexity index is 810. The number of carbonyl (C=O) groups excluding carboxylic acids is 1. The number of benzene rings is 2. The Morgan fingerprint density at radius 1 is 0.800 bits per heavy atom. The van der Waals surface area contributed by atoms with Gasteiger partial charge in [-0.05, 0) is 93.7 Å². The molecular formula is C18H17I2N4O. The first-order chi connectivity index (χ1) is 11.8. The average Bonchev–Trinajstić information content (AvgIpc) is 2.56. The summed E-state index contributed by atoms with van der Waals surface area (Å²) in [6, 6.07) is 15.1. The van der Waals surface area contributed by atoms with Crippen LogP contribution in [-0.2, 0) is 0 Å². The highest BCUT2D eigenvalue weighted by Crippen LogP contribution is 2.28. The molecule has 0 aliphatic carbocycles. The first-order valence-corrected chi connectivity index (χ1v) is 9.87. The fraction of sp³-hybridized carbons (Fsp3) is 0.222. The van der Waals surface area contributed by atoms with Crippen LogP contribution in [0.15, 0.2) is 53.6 Å². The van der Waals surface area contributed by atoms with Gasteiger partial charge in [0.05, 0.1) is 11.4 Å². The smallest absolute Gasteiger partial charge is 0.244 e. The zero-order valence-corrected chi connectivity index (χ0v) is 18.4. The van der Waals surface area contributed by atoms with E-state index in [1.165, 1.54) is 10.0 Å². The number of hydrogen-bond acceptors (Lipinski definition) is 2. The van der Waals surface area contributed by atoms with Crippen molar-refractivity contribution in [2.75, 3.05) is 10.0 Å². The van der Waals surface area contributed by atoms with E-state index in [1.54, 1.807) is 0 Å². The Balaban J connectivity index is 2.05. The molecule has 0 aromatic heterocycles. The van der Waals surface area contributed by atoms with E-state index < -0.39 is 0 Å². The van der Waals surface area contributed by atoms with Gasteiger partial charge in [-0.3, -0.25) is 0 Å². The maximum absolute atomic E-state index is 13.0. The molecule has 0 saturated heterocycles. The largest absolute Gasteiger partial charge is 0.370 e. The zero-order chi connectivity index (χ0) is 18.2. The molecule has 25 heavy (non-hydrogen) atoms. The van der Waals surface area contributed by atoms with E-state index in [-0.39, 0.29) is 11.4 Å². The molecule has 1 aliphatic rings. The van der Waals surface area contributed by atoms with Gasteiger partial charge in [0, 0.05) is 12.6 Å². The Kier molecular flexibility index (Phi) is 5.24. The maximum Gasteiger partial charge on any atom is 0.370 e. The lowest BCUT2D eigenvalue weighted by molar-refractivity contribution is 0.248. The standard InChI is InChI=1S/C18H17I2N4O/c1-18(2,3)16-21-23(14-8-4-12(19)5-9-14)17(25)24(22-16)15-10-6-13(20)7-11-15/h4-11H,1-3H3. The molecule has 1 radical (unpaired) electrons. The van der Waals surface area contributed by atoms with Crippen molar-refractivity contribution in [3.8, 4) is 0 Å². The molecule has 5 nitrogen and oxygen atoms in total. The number of nitrogens with zero attached hydrogens (tertiary/aromatic N) is 4. The van der Waals surface area contributed by atoms with Gasteiger partial charge in [-0.1, -0.05) is 20.8 Å². The van der Waals surface area contributed by atoms with Crippen LogP contribution in [-0.4, -0.2) is 11.9 Å². The van der Waals surface area contributed by atoms with Crippen molar-refractivity contribution in [3.05, 3.63) is 55.7 Å². The van der Waals surface area contributed by atoms with E-state index in [4.69, 9.17) is 0 Å². The summed E-state index contributed by atoms with van der Waals surface area (Å²) >= 11 is 4.47. The number of amidine groups is 1. The lowest BCUT2D eigenvalue weighted by Gasteiger charge is -2.35. The number of anilines is 2. The fourth-order valence-electron chi connectivity index (χ4n) is 2.19. The van der Waals surface area contributed by atoms with Crippen molar-refractivity contribution in [1.82, 2.24) is 5.43 Å². The Hall–Kier alpha value is -1.36. The van der Waals surface area contributed by atoms with Gasteiger partial charge in [0.1, 0.15) is 0 Å². The van der Waals surface area contributed by atoms with E-state index in [1.807, 2.05) is 69.3 Å². The van der Waals surface area contributed by atoms with Crippen molar-refractivity contribution in [2.24, 2.45) is 10.5 Å². The van der Waals surface area contributed by atoms with E-state index in [0.717, 1.165) is 18.5 Å². The lowest BCUT2D eigenvalue weighted by Crippen LogP contribution is -2.55. The highest BCUT2D eigenvalue weighted by molar-refractivity contribution is 14.1. The summed E-state index contributed by atoms with van der Waals surface area (Å²) in [5, 5.41) is 7.35. The fourth-order valence-corrected chi connectivity index (χ4v) is 2.90. The van der Waals surface area contributed by atoms with Gasteiger partial charge in [0.25, 0.3) is 0 Å². The number of hydrazone groups is 1. The molecule has 129 valence electrons. The predicted molar refractivity (Wildman–Crippen MR) is 118 cm³/mol. The molecule has 7 heteroatoms. The number of halogens is 2. The second-order valence-electron chi connectivity index (χ2n) is 6.63. The van der Waals surface area contributed by atoms with Crippen LogP contribution in [0.5, 0.6) is 0 Å². The molecule has 0 bridgehead atoms. The molecule has 0 N–H and O–H groups in total. The lowest BCUT2D eigenvalue weighted by atomic mass is 9.95. The van der Waals surface area contributed by atoms with E-state index in [0.29, 0.717) is 5.84 Å². The average molecular weight is 559 g/mol. The monoisotopic (exact) mass is 559 g/mol. The molecule has 0 unspecified atom stereocenters. The molecule has 0 fully saturated rings. The molecule has 3 rings (SSSR count). The number of urea groups is 1. The summed E-state index contributed by atoms with van der Waals surface area (Å²) in [6.45, 7) is 6.09. The second-order valence-corrected chi connectivity index (χ2v) is 9.12. The first-order valence-electron chi connectivity index (χ1n) is 7.72. The van der Waals surface area contributed by atoms with Crippen molar-refractivity contribution >= 4 is 68.4 Å². The molecule has 1 aliphatic heterocycles. The third-order valence-corrected chi connectivity index (χ3v) is 5.00. The van der Waals surface area contributed by atoms with Crippen LogP contribution in [0.4, 0.5) is 16.2 Å². The quantitative estimate of drug-likeness (QED) is 0.466. The van der Waals surface area contributed by atoms with Crippen LogP contribution in [0.1, 0.15) is 20.8 Å². The number of amides is 2. The van der Waals surface area contributed by atoms with Gasteiger partial charge in [0.2, 0.25) is 0 Å². The summed E-state index contributed by atoms with van der Waals surface area (Å²) in [5.41, 5.74) is 5.67. The minimum Gasteiger partial charge on any atom is -0.244 e. The summed E-state index contributed by atoms with van der Waals surface area (Å²) in [5.74, 6) is 0.601. The van der Waals surface area contributed by atoms with Gasteiger partial charge >= 0.3 is 6.03 Å². The van der Waals surface area contributed by atoms with Crippen LogP contribution in [0.2, 0.25) is 0 Å². The topological polar surface area (TPSA) is 50.0 Å². The summed E-state index contributed by atoms with van der Waals surface area (Å²) in [6.07, 6.45) is 0. The van der Waals surface area contributed by atoms with Crippen molar-refractivity contribution < 1.29 is 4.79 Å². The number of rotatable bonds is 2. The highest BCUT2D eigenvalue weighted by Gasteiger charge is 2.36. The van der Waals surface area contributed by atoms with Crippen LogP contribution >= 0.6 is 45.2 Å². The Morgan fingerprint density at radius 2 is 1.24 bits per heavy atom. The molecule has 2 aromatic rings. The van der Waals surface area contributed by atoms with Crippen molar-refractivity contribution in [1.29, 1.82) is 0 Å². The number of carbonyl (C=O) groups is 1. The molecule has 0 spiro atoms. The molecule has 0 saturated carbocycles. The van der Waals surface area contributed by atoms with E-state index >= 15 is 0 Å². The predicted octanol–water partition coefficient (Wildman–Crippen LogP) is 5.22. The van der Waals surface area contributed by atoms with E-state index in [2.05, 4.69) is 55.7 Å². The summed E-state index contributed by atoms with van der Waals surface area (Å²) in [7, 11) is 0. The maximum atomic E-state index is 13.0. The summed E-state index contributed by atoms with van der Waals surface area (Å²) < 4.78 is 2.20. The van der Waals surface area contributed by atoms with Gasteiger partial charge in [-0.15, -0.1) is 10.5 Å². The molecule has 0 atom stereocenters. The third kappa shape index (κ3) is 4.08. The summed E-state index contributed by atoms with van der Waals surface area (Å²) in [4.78, 5) is 13.0. The zero-order valence-electron chi connectivity index (χ0n) is 14.1. The van der Waals surface area contributed by atoms with Crippen molar-refractivity contribution in [3.63, 3.8) is 0 Å².